The quantitative estimate of drug-likeness (QED) is 0.886. The van der Waals surface area contributed by atoms with Crippen LogP contribution in [0.2, 0.25) is 0 Å². The molecule has 0 saturated carbocycles. The number of rotatable bonds is 4. The molecule has 2 heterocycles. The minimum absolute atomic E-state index is 0.0859. The summed E-state index contributed by atoms with van der Waals surface area (Å²) in [5.74, 6) is -0.196. The molecule has 1 spiro atoms. The summed E-state index contributed by atoms with van der Waals surface area (Å²) in [5.41, 5.74) is 0.887. The molecule has 1 aliphatic carbocycles. The van der Waals surface area contributed by atoms with Crippen LogP contribution in [-0.4, -0.2) is 35.0 Å². The average molecular weight is 349 g/mol. The zero-order valence-corrected chi connectivity index (χ0v) is 14.1. The number of fused-ring (bicyclic) bond motifs is 1. The van der Waals surface area contributed by atoms with Crippen molar-refractivity contribution in [3.8, 4) is 0 Å². The Bertz CT molecular complexity index is 903. The molecule has 2 N–H and O–H groups in total. The summed E-state index contributed by atoms with van der Waals surface area (Å²) < 4.78 is 6.03. The van der Waals surface area contributed by atoms with E-state index in [9.17, 15) is 9.59 Å². The van der Waals surface area contributed by atoms with E-state index >= 15 is 0 Å². The SMILES string of the molecule is O=C1C=CC2(C=C1)NC(=O)CC(CCNc1cnc3ccccc3c1)O2. The molecule has 1 aromatic carbocycles. The number of benzene rings is 1. The fraction of sp³-hybridized carbons (Fsp3) is 0.250. The first-order valence-corrected chi connectivity index (χ1v) is 8.62. The zero-order chi connectivity index (χ0) is 18.0. The van der Waals surface area contributed by atoms with Crippen LogP contribution in [0.4, 0.5) is 5.69 Å². The number of ether oxygens (including phenoxy) is 1. The van der Waals surface area contributed by atoms with Crippen molar-refractivity contribution in [2.24, 2.45) is 0 Å². The fourth-order valence-corrected chi connectivity index (χ4v) is 3.21. The van der Waals surface area contributed by atoms with Gasteiger partial charge in [-0.25, -0.2) is 0 Å². The third-order valence-corrected chi connectivity index (χ3v) is 4.49. The van der Waals surface area contributed by atoms with E-state index in [1.165, 1.54) is 12.2 Å². The zero-order valence-electron chi connectivity index (χ0n) is 14.1. The van der Waals surface area contributed by atoms with Gasteiger partial charge in [0.1, 0.15) is 0 Å². The summed E-state index contributed by atoms with van der Waals surface area (Å²) in [6.07, 6.45) is 8.57. The molecule has 1 saturated heterocycles. The normalized spacial score (nSPS) is 21.2. The first-order valence-electron chi connectivity index (χ1n) is 8.62. The number of carbonyl (C=O) groups excluding carboxylic acids is 2. The predicted octanol–water partition coefficient (Wildman–Crippen LogP) is 2.33. The van der Waals surface area contributed by atoms with E-state index in [4.69, 9.17) is 4.74 Å². The Hall–Kier alpha value is -2.99. The number of para-hydroxylation sites is 1. The number of anilines is 1. The van der Waals surface area contributed by atoms with Crippen molar-refractivity contribution in [1.82, 2.24) is 10.3 Å². The van der Waals surface area contributed by atoms with Crippen LogP contribution >= 0.6 is 0 Å². The van der Waals surface area contributed by atoms with Crippen molar-refractivity contribution in [3.63, 3.8) is 0 Å². The molecule has 6 heteroatoms. The van der Waals surface area contributed by atoms with Gasteiger partial charge < -0.3 is 15.4 Å². The number of ketones is 1. The molecule has 1 amide bonds. The van der Waals surface area contributed by atoms with E-state index in [2.05, 4.69) is 21.7 Å². The Labute approximate surface area is 150 Å². The first-order chi connectivity index (χ1) is 12.6. The molecule has 2 aromatic rings. The number of pyridine rings is 1. The summed E-state index contributed by atoms with van der Waals surface area (Å²) >= 11 is 0. The molecule has 0 bridgehead atoms. The number of nitrogens with one attached hydrogen (secondary N) is 2. The Morgan fingerprint density at radius 2 is 2.04 bits per heavy atom. The molecule has 1 atom stereocenters. The maximum absolute atomic E-state index is 12.0. The number of allylic oxidation sites excluding steroid dienone is 2. The van der Waals surface area contributed by atoms with Gasteiger partial charge in [0.25, 0.3) is 0 Å². The standard InChI is InChI=1S/C20H19N3O3/c24-16-5-8-20(9-6-16)23-19(25)12-17(26-20)7-10-21-15-11-14-3-1-2-4-18(14)22-13-15/h1-6,8-9,11,13,17,21H,7,10,12H2,(H,23,25). The topological polar surface area (TPSA) is 80.3 Å². The number of hydrogen-bond donors (Lipinski definition) is 2. The largest absolute Gasteiger partial charge is 0.384 e. The summed E-state index contributed by atoms with van der Waals surface area (Å²) in [6, 6.07) is 10.00. The molecule has 1 aromatic heterocycles. The Balaban J connectivity index is 1.37. The highest BCUT2D eigenvalue weighted by Crippen LogP contribution is 2.25. The molecular formula is C20H19N3O3. The number of nitrogens with zero attached hydrogens (tertiary/aromatic N) is 1. The van der Waals surface area contributed by atoms with E-state index in [0.717, 1.165) is 16.6 Å². The van der Waals surface area contributed by atoms with Crippen molar-refractivity contribution in [1.29, 1.82) is 0 Å². The van der Waals surface area contributed by atoms with Crippen LogP contribution in [0.3, 0.4) is 0 Å². The maximum atomic E-state index is 12.0. The lowest BCUT2D eigenvalue weighted by molar-refractivity contribution is -0.147. The second kappa shape index (κ2) is 6.72. The second-order valence-electron chi connectivity index (χ2n) is 6.49. The lowest BCUT2D eigenvalue weighted by Gasteiger charge is -2.38. The molecule has 0 radical (unpaired) electrons. The van der Waals surface area contributed by atoms with E-state index in [-0.39, 0.29) is 17.8 Å². The Morgan fingerprint density at radius 1 is 1.23 bits per heavy atom. The number of hydrogen-bond acceptors (Lipinski definition) is 5. The van der Waals surface area contributed by atoms with Crippen molar-refractivity contribution in [2.75, 3.05) is 11.9 Å². The van der Waals surface area contributed by atoms with Crippen LogP contribution < -0.4 is 10.6 Å². The summed E-state index contributed by atoms with van der Waals surface area (Å²) in [4.78, 5) is 27.8. The second-order valence-corrected chi connectivity index (χ2v) is 6.49. The van der Waals surface area contributed by atoms with Gasteiger partial charge in [0.15, 0.2) is 11.5 Å². The van der Waals surface area contributed by atoms with E-state index in [1.807, 2.05) is 24.3 Å². The number of amides is 1. The van der Waals surface area contributed by atoms with Crippen LogP contribution in [0.15, 0.2) is 60.8 Å². The van der Waals surface area contributed by atoms with Gasteiger partial charge in [0.05, 0.1) is 29.9 Å². The van der Waals surface area contributed by atoms with Gasteiger partial charge in [-0.05, 0) is 42.9 Å². The minimum atomic E-state index is -1.00. The van der Waals surface area contributed by atoms with Gasteiger partial charge in [0.2, 0.25) is 5.91 Å². The van der Waals surface area contributed by atoms with Gasteiger partial charge in [-0.2, -0.15) is 0 Å². The van der Waals surface area contributed by atoms with Gasteiger partial charge in [0, 0.05) is 11.9 Å². The molecule has 132 valence electrons. The molecule has 6 nitrogen and oxygen atoms in total. The van der Waals surface area contributed by atoms with Gasteiger partial charge >= 0.3 is 0 Å². The highest BCUT2D eigenvalue weighted by molar-refractivity contribution is 6.00. The molecule has 2 aliphatic rings. The highest BCUT2D eigenvalue weighted by Gasteiger charge is 2.37. The minimum Gasteiger partial charge on any atom is -0.384 e. The van der Waals surface area contributed by atoms with Crippen molar-refractivity contribution in [3.05, 3.63) is 60.8 Å². The smallest absolute Gasteiger partial charge is 0.225 e. The van der Waals surface area contributed by atoms with Crippen LogP contribution in [0.25, 0.3) is 10.9 Å². The van der Waals surface area contributed by atoms with Gasteiger partial charge in [-0.1, -0.05) is 18.2 Å². The molecule has 1 unspecified atom stereocenters. The maximum Gasteiger partial charge on any atom is 0.225 e. The Morgan fingerprint density at radius 3 is 2.88 bits per heavy atom. The summed E-state index contributed by atoms with van der Waals surface area (Å²) in [5, 5.41) is 7.20. The average Bonchev–Trinajstić information content (AvgIpc) is 2.64. The van der Waals surface area contributed by atoms with E-state index in [1.54, 1.807) is 18.3 Å². The van der Waals surface area contributed by atoms with Gasteiger partial charge in [-0.15, -0.1) is 0 Å². The van der Waals surface area contributed by atoms with Crippen LogP contribution in [0, 0.1) is 0 Å². The molecule has 1 aliphatic heterocycles. The van der Waals surface area contributed by atoms with Gasteiger partial charge in [-0.3, -0.25) is 14.6 Å². The summed E-state index contributed by atoms with van der Waals surface area (Å²) in [7, 11) is 0. The van der Waals surface area contributed by atoms with Crippen molar-refractivity contribution in [2.45, 2.75) is 24.7 Å². The van der Waals surface area contributed by atoms with Crippen LogP contribution in [-0.2, 0) is 14.3 Å². The lowest BCUT2D eigenvalue weighted by atomic mass is 10.0. The third-order valence-electron chi connectivity index (χ3n) is 4.49. The van der Waals surface area contributed by atoms with Crippen LogP contribution in [0.5, 0.6) is 0 Å². The number of aromatic nitrogens is 1. The first kappa shape index (κ1) is 16.5. The predicted molar refractivity (Wildman–Crippen MR) is 98.5 cm³/mol. The van der Waals surface area contributed by atoms with Crippen molar-refractivity contribution < 1.29 is 14.3 Å². The Kier molecular flexibility index (Phi) is 4.26. The van der Waals surface area contributed by atoms with E-state index in [0.29, 0.717) is 19.4 Å². The lowest BCUT2D eigenvalue weighted by Crippen LogP contribution is -2.56. The monoisotopic (exact) mass is 349 g/mol. The third kappa shape index (κ3) is 3.50. The molecule has 26 heavy (non-hydrogen) atoms. The molecule has 4 rings (SSSR count). The molecular weight excluding hydrogens is 330 g/mol. The summed E-state index contributed by atoms with van der Waals surface area (Å²) in [6.45, 7) is 0.653. The van der Waals surface area contributed by atoms with Crippen molar-refractivity contribution >= 4 is 28.3 Å². The van der Waals surface area contributed by atoms with Crippen LogP contribution in [0.1, 0.15) is 12.8 Å². The number of carbonyl (C=O) groups is 2. The highest BCUT2D eigenvalue weighted by atomic mass is 16.5. The van der Waals surface area contributed by atoms with E-state index < -0.39 is 5.72 Å². The fourth-order valence-electron chi connectivity index (χ4n) is 3.21. The molecule has 1 fully saturated rings.